The number of rotatable bonds is 7. The molecule has 0 fully saturated rings. The molecule has 0 spiro atoms. The molecule has 158 valence electrons. The minimum Gasteiger partial charge on any atom is -0.465 e. The topological polar surface area (TPSA) is 68.2 Å². The van der Waals surface area contributed by atoms with Crippen LogP contribution in [0.3, 0.4) is 0 Å². The van der Waals surface area contributed by atoms with Crippen molar-refractivity contribution in [1.82, 2.24) is 15.1 Å². The molecule has 0 radical (unpaired) electrons. The van der Waals surface area contributed by atoms with Gasteiger partial charge in [0.25, 0.3) is 0 Å². The van der Waals surface area contributed by atoms with Crippen LogP contribution in [0.2, 0.25) is 5.02 Å². The van der Waals surface area contributed by atoms with E-state index < -0.39 is 5.97 Å². The van der Waals surface area contributed by atoms with Gasteiger partial charge in [-0.05, 0) is 38.0 Å². The van der Waals surface area contributed by atoms with Gasteiger partial charge in [-0.25, -0.2) is 4.79 Å². The number of anilines is 1. The number of methoxy groups -OCH3 is 1. The van der Waals surface area contributed by atoms with E-state index in [0.29, 0.717) is 27.2 Å². The van der Waals surface area contributed by atoms with Gasteiger partial charge in [0.1, 0.15) is 10.6 Å². The number of halogens is 1. The third-order valence-electron chi connectivity index (χ3n) is 4.64. The third kappa shape index (κ3) is 5.00. The highest BCUT2D eigenvalue weighted by Crippen LogP contribution is 2.40. The lowest BCUT2D eigenvalue weighted by molar-refractivity contribution is 0.0603. The zero-order valence-corrected chi connectivity index (χ0v) is 19.4. The first-order valence-corrected chi connectivity index (χ1v) is 11.0. The molecule has 3 rings (SSSR count). The van der Waals surface area contributed by atoms with Crippen LogP contribution in [-0.2, 0) is 11.3 Å². The zero-order chi connectivity index (χ0) is 21.7. The number of thiocarbonyl (C=S) groups is 1. The van der Waals surface area contributed by atoms with Crippen molar-refractivity contribution < 1.29 is 9.53 Å². The van der Waals surface area contributed by atoms with Crippen molar-refractivity contribution in [2.75, 3.05) is 19.0 Å². The molecule has 1 aromatic carbocycles. The summed E-state index contributed by atoms with van der Waals surface area (Å²) in [5.41, 5.74) is 3.27. The van der Waals surface area contributed by atoms with E-state index in [2.05, 4.69) is 15.7 Å². The Kier molecular flexibility index (Phi) is 7.47. The minimum absolute atomic E-state index is 0.394. The summed E-state index contributed by atoms with van der Waals surface area (Å²) in [6, 6.07) is 9.79. The zero-order valence-electron chi connectivity index (χ0n) is 17.0. The number of esters is 1. The van der Waals surface area contributed by atoms with Crippen LogP contribution >= 0.6 is 35.2 Å². The van der Waals surface area contributed by atoms with E-state index in [1.165, 1.54) is 18.4 Å². The molecule has 2 N–H and O–H groups in total. The van der Waals surface area contributed by atoms with E-state index in [-0.39, 0.29) is 0 Å². The summed E-state index contributed by atoms with van der Waals surface area (Å²) < 4.78 is 6.90. The van der Waals surface area contributed by atoms with Crippen molar-refractivity contribution in [3.05, 3.63) is 57.7 Å². The van der Waals surface area contributed by atoms with Crippen LogP contribution in [0.4, 0.5) is 5.00 Å². The summed E-state index contributed by atoms with van der Waals surface area (Å²) in [6.45, 7) is 5.31. The maximum absolute atomic E-state index is 12.5. The first-order chi connectivity index (χ1) is 14.4. The van der Waals surface area contributed by atoms with Crippen LogP contribution in [0.5, 0.6) is 0 Å². The Balaban J connectivity index is 1.67. The summed E-state index contributed by atoms with van der Waals surface area (Å²) in [4.78, 5) is 13.5. The number of ether oxygens (including phenoxy) is 1. The summed E-state index contributed by atoms with van der Waals surface area (Å²) >= 11 is 12.9. The van der Waals surface area contributed by atoms with Crippen LogP contribution in [-0.4, -0.2) is 34.5 Å². The standard InChI is InChI=1S/C21H23ClN4O2S2/c1-13-16(22)12-24-26(13)11-7-10-23-21(29)25-19-18(20(27)28-3)17(14(2)30-19)15-8-5-4-6-9-15/h4-6,8-9,12H,7,10-11H2,1-3H3,(H2,23,25,29). The van der Waals surface area contributed by atoms with Gasteiger partial charge in [-0.2, -0.15) is 5.10 Å². The largest absolute Gasteiger partial charge is 0.465 e. The van der Waals surface area contributed by atoms with E-state index in [1.807, 2.05) is 48.9 Å². The monoisotopic (exact) mass is 462 g/mol. The molecule has 6 nitrogen and oxygen atoms in total. The maximum atomic E-state index is 12.5. The lowest BCUT2D eigenvalue weighted by Gasteiger charge is -2.12. The molecule has 30 heavy (non-hydrogen) atoms. The van der Waals surface area contributed by atoms with Gasteiger partial charge in [0.2, 0.25) is 0 Å². The van der Waals surface area contributed by atoms with Gasteiger partial charge in [0.05, 0.1) is 24.0 Å². The molecular weight excluding hydrogens is 440 g/mol. The maximum Gasteiger partial charge on any atom is 0.341 e. The SMILES string of the molecule is COC(=O)c1c(NC(=S)NCCCn2ncc(Cl)c2C)sc(C)c1-c1ccccc1. The summed E-state index contributed by atoms with van der Waals surface area (Å²) in [7, 11) is 1.38. The highest BCUT2D eigenvalue weighted by Gasteiger charge is 2.24. The van der Waals surface area contributed by atoms with Crippen molar-refractivity contribution in [1.29, 1.82) is 0 Å². The van der Waals surface area contributed by atoms with Crippen molar-refractivity contribution in [2.24, 2.45) is 0 Å². The summed E-state index contributed by atoms with van der Waals surface area (Å²) in [5, 5.41) is 12.4. The van der Waals surface area contributed by atoms with Gasteiger partial charge in [-0.3, -0.25) is 4.68 Å². The van der Waals surface area contributed by atoms with Crippen molar-refractivity contribution >= 4 is 51.2 Å². The molecule has 3 aromatic rings. The first kappa shape index (κ1) is 22.3. The average molecular weight is 463 g/mol. The van der Waals surface area contributed by atoms with Crippen molar-refractivity contribution in [3.63, 3.8) is 0 Å². The number of carbonyl (C=O) groups excluding carboxylic acids is 1. The molecule has 0 amide bonds. The molecule has 0 unspecified atom stereocenters. The number of hydrogen-bond acceptors (Lipinski definition) is 5. The minimum atomic E-state index is -0.394. The van der Waals surface area contributed by atoms with E-state index in [9.17, 15) is 4.79 Å². The van der Waals surface area contributed by atoms with Gasteiger partial charge in [0.15, 0.2) is 5.11 Å². The summed E-state index contributed by atoms with van der Waals surface area (Å²) in [6.07, 6.45) is 2.47. The molecule has 0 bridgehead atoms. The number of nitrogens with one attached hydrogen (secondary N) is 2. The predicted molar refractivity (Wildman–Crippen MR) is 127 cm³/mol. The number of thiophene rings is 1. The second kappa shape index (κ2) is 10.1. The Morgan fingerprint density at radius 2 is 2.03 bits per heavy atom. The second-order valence-electron chi connectivity index (χ2n) is 6.63. The van der Waals surface area contributed by atoms with Gasteiger partial charge < -0.3 is 15.4 Å². The van der Waals surface area contributed by atoms with E-state index >= 15 is 0 Å². The highest BCUT2D eigenvalue weighted by molar-refractivity contribution is 7.80. The fourth-order valence-corrected chi connectivity index (χ4v) is 4.59. The highest BCUT2D eigenvalue weighted by atomic mass is 35.5. The molecule has 0 aliphatic rings. The molecule has 2 heterocycles. The van der Waals surface area contributed by atoms with E-state index in [1.54, 1.807) is 6.20 Å². The Bertz CT molecular complexity index is 1050. The van der Waals surface area contributed by atoms with E-state index in [0.717, 1.165) is 34.7 Å². The molecular formula is C21H23ClN4O2S2. The number of hydrogen-bond donors (Lipinski definition) is 2. The number of aromatic nitrogens is 2. The first-order valence-electron chi connectivity index (χ1n) is 9.42. The van der Waals surface area contributed by atoms with Crippen LogP contribution in [0.15, 0.2) is 36.5 Å². The van der Waals surface area contributed by atoms with Crippen LogP contribution in [0.1, 0.15) is 27.3 Å². The van der Waals surface area contributed by atoms with Gasteiger partial charge in [-0.15, -0.1) is 11.3 Å². The van der Waals surface area contributed by atoms with Gasteiger partial charge in [0, 0.05) is 23.5 Å². The quantitative estimate of drug-likeness (QED) is 0.291. The lowest BCUT2D eigenvalue weighted by atomic mass is 10.0. The fraction of sp³-hybridized carbons (Fsp3) is 0.286. The molecule has 9 heteroatoms. The normalized spacial score (nSPS) is 10.7. The lowest BCUT2D eigenvalue weighted by Crippen LogP contribution is -2.30. The number of benzene rings is 1. The molecule has 0 atom stereocenters. The number of aryl methyl sites for hydroxylation is 2. The molecule has 0 saturated heterocycles. The molecule has 0 aliphatic heterocycles. The van der Waals surface area contributed by atoms with Crippen LogP contribution in [0, 0.1) is 13.8 Å². The fourth-order valence-electron chi connectivity index (χ4n) is 3.11. The average Bonchev–Trinajstić information content (AvgIpc) is 3.24. The van der Waals surface area contributed by atoms with Crippen LogP contribution in [0.25, 0.3) is 11.1 Å². The second-order valence-corrected chi connectivity index (χ2v) is 8.67. The van der Waals surface area contributed by atoms with Crippen molar-refractivity contribution in [2.45, 2.75) is 26.8 Å². The number of nitrogens with zero attached hydrogens (tertiary/aromatic N) is 2. The van der Waals surface area contributed by atoms with Gasteiger partial charge >= 0.3 is 5.97 Å². The summed E-state index contributed by atoms with van der Waals surface area (Å²) in [5.74, 6) is -0.394. The molecule has 2 aromatic heterocycles. The predicted octanol–water partition coefficient (Wildman–Crippen LogP) is 5.05. The Morgan fingerprint density at radius 1 is 1.30 bits per heavy atom. The van der Waals surface area contributed by atoms with E-state index in [4.69, 9.17) is 28.6 Å². The Morgan fingerprint density at radius 3 is 2.67 bits per heavy atom. The molecule has 0 aliphatic carbocycles. The Hall–Kier alpha value is -2.42. The Labute approximate surface area is 190 Å². The van der Waals surface area contributed by atoms with Gasteiger partial charge in [-0.1, -0.05) is 41.9 Å². The van der Waals surface area contributed by atoms with Crippen molar-refractivity contribution in [3.8, 4) is 11.1 Å². The number of carbonyl (C=O) groups is 1. The smallest absolute Gasteiger partial charge is 0.341 e. The molecule has 0 saturated carbocycles. The van der Waals surface area contributed by atoms with Crippen LogP contribution < -0.4 is 10.6 Å². The third-order valence-corrected chi connectivity index (χ3v) is 6.28.